The molecule has 1 aliphatic heterocycles. The highest BCUT2D eigenvalue weighted by Crippen LogP contribution is 2.34. The van der Waals surface area contributed by atoms with E-state index in [-0.39, 0.29) is 11.9 Å². The van der Waals surface area contributed by atoms with Gasteiger partial charge in [0.25, 0.3) is 5.91 Å². The van der Waals surface area contributed by atoms with Crippen LogP contribution < -0.4 is 5.32 Å². The third-order valence-electron chi connectivity index (χ3n) is 5.02. The quantitative estimate of drug-likeness (QED) is 0.829. The number of aryl methyl sites for hydroxylation is 1. The zero-order valence-electron chi connectivity index (χ0n) is 15.9. The summed E-state index contributed by atoms with van der Waals surface area (Å²) in [5, 5.41) is 4.42. The number of hydrogen-bond donors (Lipinski definition) is 1. The molecule has 142 valence electrons. The summed E-state index contributed by atoms with van der Waals surface area (Å²) < 4.78 is 5.28. The lowest BCUT2D eigenvalue weighted by atomic mass is 10.1. The molecule has 6 nitrogen and oxygen atoms in total. The lowest BCUT2D eigenvalue weighted by Crippen LogP contribution is -2.31. The molecule has 1 atom stereocenters. The van der Waals surface area contributed by atoms with Crippen LogP contribution in [0.2, 0.25) is 0 Å². The number of ether oxygens (including phenoxy) is 1. The second-order valence-corrected chi connectivity index (χ2v) is 7.87. The van der Waals surface area contributed by atoms with Crippen molar-refractivity contribution >= 4 is 33.3 Å². The molecular weight excluding hydrogens is 348 g/mol. The summed E-state index contributed by atoms with van der Waals surface area (Å²) in [4.78, 5) is 25.6. The number of nitrogens with zero attached hydrogens (tertiary/aromatic N) is 3. The second-order valence-electron chi connectivity index (χ2n) is 6.87. The molecule has 1 N–H and O–H groups in total. The highest BCUT2D eigenvalue weighted by molar-refractivity contribution is 7.20. The molecule has 0 radical (unpaired) electrons. The summed E-state index contributed by atoms with van der Waals surface area (Å²) in [6.45, 7) is 6.45. The standard InChI is InChI=1S/C19H28N4O2S/c1-4-14(11-25-3)22-17-15-13(2)16(26-18(15)21-12-20-17)19(24)23-9-7-5-6-8-10-23/h12,14H,4-11H2,1-3H3,(H,20,21,22). The SMILES string of the molecule is CCC(COC)Nc1ncnc2sc(C(=O)N3CCCCCC3)c(C)c12. The molecule has 0 aromatic carbocycles. The number of carbonyl (C=O) groups excluding carboxylic acids is 1. The maximum absolute atomic E-state index is 13.1. The number of hydrogen-bond acceptors (Lipinski definition) is 6. The molecule has 1 amide bonds. The Balaban J connectivity index is 1.92. The van der Waals surface area contributed by atoms with Crippen molar-refractivity contribution in [2.75, 3.05) is 32.1 Å². The fourth-order valence-corrected chi connectivity index (χ4v) is 4.58. The van der Waals surface area contributed by atoms with Gasteiger partial charge in [0.05, 0.1) is 22.9 Å². The maximum atomic E-state index is 13.1. The van der Waals surface area contributed by atoms with Gasteiger partial charge in [-0.15, -0.1) is 11.3 Å². The van der Waals surface area contributed by atoms with E-state index in [1.807, 2.05) is 11.8 Å². The van der Waals surface area contributed by atoms with Crippen LogP contribution in [-0.4, -0.2) is 53.6 Å². The third kappa shape index (κ3) is 3.99. The number of methoxy groups -OCH3 is 1. The molecule has 26 heavy (non-hydrogen) atoms. The molecule has 0 aliphatic carbocycles. The number of likely N-dealkylation sites (tertiary alicyclic amines) is 1. The summed E-state index contributed by atoms with van der Waals surface area (Å²) in [6, 6.07) is 0.183. The van der Waals surface area contributed by atoms with Gasteiger partial charge in [-0.3, -0.25) is 4.79 Å². The lowest BCUT2D eigenvalue weighted by molar-refractivity contribution is 0.0766. The molecule has 1 saturated heterocycles. The Labute approximate surface area is 159 Å². The number of aromatic nitrogens is 2. The summed E-state index contributed by atoms with van der Waals surface area (Å²) >= 11 is 1.48. The summed E-state index contributed by atoms with van der Waals surface area (Å²) in [5.74, 6) is 0.935. The molecule has 3 heterocycles. The number of rotatable bonds is 6. The van der Waals surface area contributed by atoms with Gasteiger partial charge in [-0.05, 0) is 31.7 Å². The average Bonchev–Trinajstić information content (AvgIpc) is 2.83. The zero-order chi connectivity index (χ0) is 18.5. The zero-order valence-corrected chi connectivity index (χ0v) is 16.7. The van der Waals surface area contributed by atoms with E-state index in [4.69, 9.17) is 4.74 Å². The van der Waals surface area contributed by atoms with Crippen molar-refractivity contribution in [1.82, 2.24) is 14.9 Å². The van der Waals surface area contributed by atoms with Crippen LogP contribution in [0.1, 0.15) is 54.3 Å². The maximum Gasteiger partial charge on any atom is 0.264 e. The molecule has 1 unspecified atom stereocenters. The van der Waals surface area contributed by atoms with Crippen LogP contribution >= 0.6 is 11.3 Å². The van der Waals surface area contributed by atoms with Crippen molar-refractivity contribution in [2.45, 2.75) is 52.0 Å². The Hall–Kier alpha value is -1.73. The first kappa shape index (κ1) is 19.0. The van der Waals surface area contributed by atoms with Gasteiger partial charge in [-0.25, -0.2) is 9.97 Å². The Morgan fingerprint density at radius 3 is 2.69 bits per heavy atom. The molecule has 2 aromatic heterocycles. The van der Waals surface area contributed by atoms with Crippen molar-refractivity contribution in [1.29, 1.82) is 0 Å². The minimum atomic E-state index is 0.141. The van der Waals surface area contributed by atoms with Crippen molar-refractivity contribution in [3.63, 3.8) is 0 Å². The lowest BCUT2D eigenvalue weighted by Gasteiger charge is -2.20. The highest BCUT2D eigenvalue weighted by atomic mass is 32.1. The topological polar surface area (TPSA) is 67.3 Å². The van der Waals surface area contributed by atoms with Gasteiger partial charge in [0.15, 0.2) is 0 Å². The molecule has 2 aromatic rings. The van der Waals surface area contributed by atoms with Gasteiger partial charge < -0.3 is 15.0 Å². The smallest absolute Gasteiger partial charge is 0.264 e. The number of amides is 1. The Morgan fingerprint density at radius 1 is 1.31 bits per heavy atom. The van der Waals surface area contributed by atoms with Gasteiger partial charge >= 0.3 is 0 Å². The van der Waals surface area contributed by atoms with Crippen LogP contribution in [0.15, 0.2) is 6.33 Å². The van der Waals surface area contributed by atoms with Crippen LogP contribution in [0.4, 0.5) is 5.82 Å². The van der Waals surface area contributed by atoms with Crippen LogP contribution in [0.5, 0.6) is 0 Å². The number of carbonyl (C=O) groups is 1. The summed E-state index contributed by atoms with van der Waals surface area (Å²) in [7, 11) is 1.70. The molecule has 0 saturated carbocycles. The van der Waals surface area contributed by atoms with Crippen LogP contribution in [0.3, 0.4) is 0 Å². The predicted molar refractivity (Wildman–Crippen MR) is 106 cm³/mol. The van der Waals surface area contributed by atoms with Crippen LogP contribution in [0, 0.1) is 6.92 Å². The largest absolute Gasteiger partial charge is 0.383 e. The first-order valence-corrected chi connectivity index (χ1v) is 10.3. The average molecular weight is 377 g/mol. The van der Waals surface area contributed by atoms with Gasteiger partial charge in [-0.2, -0.15) is 0 Å². The number of thiophene rings is 1. The predicted octanol–water partition coefficient (Wildman–Crippen LogP) is 3.85. The molecule has 7 heteroatoms. The van der Waals surface area contributed by atoms with Crippen molar-refractivity contribution in [2.24, 2.45) is 0 Å². The van der Waals surface area contributed by atoms with Gasteiger partial charge in [-0.1, -0.05) is 19.8 Å². The normalized spacial score (nSPS) is 16.5. The monoisotopic (exact) mass is 376 g/mol. The van der Waals surface area contributed by atoms with Gasteiger partial charge in [0, 0.05) is 20.2 Å². The summed E-state index contributed by atoms with van der Waals surface area (Å²) in [6.07, 6.45) is 7.12. The van der Waals surface area contributed by atoms with Gasteiger partial charge in [0.2, 0.25) is 0 Å². The second kappa shape index (κ2) is 8.77. The van der Waals surface area contributed by atoms with E-state index in [0.717, 1.165) is 58.8 Å². The minimum Gasteiger partial charge on any atom is -0.383 e. The fraction of sp³-hybridized carbons (Fsp3) is 0.632. The molecule has 3 rings (SSSR count). The number of nitrogens with one attached hydrogen (secondary N) is 1. The molecule has 0 spiro atoms. The summed E-state index contributed by atoms with van der Waals surface area (Å²) in [5.41, 5.74) is 0.981. The van der Waals surface area contributed by atoms with E-state index in [2.05, 4.69) is 22.2 Å². The van der Waals surface area contributed by atoms with E-state index in [1.54, 1.807) is 13.4 Å². The third-order valence-corrected chi connectivity index (χ3v) is 6.20. The van der Waals surface area contributed by atoms with Crippen molar-refractivity contribution < 1.29 is 9.53 Å². The van der Waals surface area contributed by atoms with E-state index in [9.17, 15) is 4.79 Å². The van der Waals surface area contributed by atoms with Crippen LogP contribution in [0.25, 0.3) is 10.2 Å². The van der Waals surface area contributed by atoms with E-state index in [1.165, 1.54) is 24.2 Å². The molecule has 0 bridgehead atoms. The number of fused-ring (bicyclic) bond motifs is 1. The van der Waals surface area contributed by atoms with Crippen molar-refractivity contribution in [3.05, 3.63) is 16.8 Å². The Morgan fingerprint density at radius 2 is 2.04 bits per heavy atom. The van der Waals surface area contributed by atoms with Crippen molar-refractivity contribution in [3.8, 4) is 0 Å². The van der Waals surface area contributed by atoms with E-state index in [0.29, 0.717) is 6.61 Å². The molecular formula is C19H28N4O2S. The molecule has 1 aliphatic rings. The van der Waals surface area contributed by atoms with Gasteiger partial charge in [0.1, 0.15) is 17.0 Å². The highest BCUT2D eigenvalue weighted by Gasteiger charge is 2.24. The van der Waals surface area contributed by atoms with E-state index >= 15 is 0 Å². The fourth-order valence-electron chi connectivity index (χ4n) is 3.46. The Kier molecular flexibility index (Phi) is 6.43. The number of anilines is 1. The Bertz CT molecular complexity index is 753. The minimum absolute atomic E-state index is 0.141. The molecule has 1 fully saturated rings. The van der Waals surface area contributed by atoms with Crippen LogP contribution in [-0.2, 0) is 4.74 Å². The first-order valence-electron chi connectivity index (χ1n) is 9.44. The first-order chi connectivity index (χ1) is 12.7. The van der Waals surface area contributed by atoms with E-state index < -0.39 is 0 Å².